The average molecular weight is 490 g/mol. The SMILES string of the molecule is Nc1cc(C2(C(=O)O)CCCC2)ccc1N(CCC(F)(F)F)Cc1ccc(OC(F)(F)F)cc1. The summed E-state index contributed by atoms with van der Waals surface area (Å²) in [6, 6.07) is 9.38. The topological polar surface area (TPSA) is 75.8 Å². The van der Waals surface area contributed by atoms with Crippen LogP contribution in [0.3, 0.4) is 0 Å². The molecule has 0 amide bonds. The number of hydrogen-bond acceptors (Lipinski definition) is 4. The number of nitrogens with two attached hydrogens (primary N) is 1. The first-order valence-electron chi connectivity index (χ1n) is 10.6. The minimum absolute atomic E-state index is 0.0595. The zero-order chi connectivity index (χ0) is 25.1. The number of carboxylic acids is 1. The van der Waals surface area contributed by atoms with Gasteiger partial charge in [0.15, 0.2) is 0 Å². The van der Waals surface area contributed by atoms with Crippen LogP contribution in [0, 0.1) is 0 Å². The molecule has 0 saturated heterocycles. The second-order valence-corrected chi connectivity index (χ2v) is 8.35. The summed E-state index contributed by atoms with van der Waals surface area (Å²) in [6.07, 6.45) is -8.03. The Morgan fingerprint density at radius 2 is 1.65 bits per heavy atom. The van der Waals surface area contributed by atoms with Gasteiger partial charge in [0, 0.05) is 13.1 Å². The van der Waals surface area contributed by atoms with E-state index in [0.29, 0.717) is 24.0 Å². The summed E-state index contributed by atoms with van der Waals surface area (Å²) < 4.78 is 79.7. The van der Waals surface area contributed by atoms with Gasteiger partial charge in [0.2, 0.25) is 0 Å². The highest BCUT2D eigenvalue weighted by molar-refractivity contribution is 5.83. The molecule has 0 atom stereocenters. The molecule has 3 rings (SSSR count). The minimum atomic E-state index is -4.86. The van der Waals surface area contributed by atoms with Crippen molar-refractivity contribution in [2.45, 2.75) is 56.6 Å². The fraction of sp³-hybridized carbons (Fsp3) is 0.435. The van der Waals surface area contributed by atoms with Crippen LogP contribution in [0.4, 0.5) is 37.7 Å². The maximum Gasteiger partial charge on any atom is 0.573 e. The lowest BCUT2D eigenvalue weighted by atomic mass is 9.78. The summed E-state index contributed by atoms with van der Waals surface area (Å²) in [5.41, 5.74) is 6.46. The highest BCUT2D eigenvalue weighted by Gasteiger charge is 2.43. The number of ether oxygens (including phenoxy) is 1. The van der Waals surface area contributed by atoms with Crippen LogP contribution < -0.4 is 15.4 Å². The van der Waals surface area contributed by atoms with Gasteiger partial charge in [0.25, 0.3) is 0 Å². The fourth-order valence-corrected chi connectivity index (χ4v) is 4.31. The van der Waals surface area contributed by atoms with Crippen molar-refractivity contribution in [1.29, 1.82) is 0 Å². The Morgan fingerprint density at radius 1 is 1.03 bits per heavy atom. The Labute approximate surface area is 192 Å². The van der Waals surface area contributed by atoms with Crippen molar-refractivity contribution in [2.24, 2.45) is 0 Å². The van der Waals surface area contributed by atoms with Gasteiger partial charge < -0.3 is 20.5 Å². The summed E-state index contributed by atoms with van der Waals surface area (Å²) in [6.45, 7) is -0.506. The van der Waals surface area contributed by atoms with Gasteiger partial charge in [-0.25, -0.2) is 0 Å². The Balaban J connectivity index is 1.87. The molecule has 2 aromatic rings. The second-order valence-electron chi connectivity index (χ2n) is 8.35. The first-order valence-corrected chi connectivity index (χ1v) is 10.6. The number of aliphatic carboxylic acids is 1. The van der Waals surface area contributed by atoms with Crippen molar-refractivity contribution >= 4 is 17.3 Å². The fourth-order valence-electron chi connectivity index (χ4n) is 4.31. The van der Waals surface area contributed by atoms with E-state index >= 15 is 0 Å². The predicted molar refractivity (Wildman–Crippen MR) is 113 cm³/mol. The molecule has 0 aromatic heterocycles. The molecule has 1 aliphatic carbocycles. The molecule has 11 heteroatoms. The molecule has 1 saturated carbocycles. The van der Waals surface area contributed by atoms with Crippen LogP contribution in [0.5, 0.6) is 5.75 Å². The summed E-state index contributed by atoms with van der Waals surface area (Å²) in [4.78, 5) is 13.3. The van der Waals surface area contributed by atoms with E-state index in [-0.39, 0.29) is 17.9 Å². The molecule has 2 aromatic carbocycles. The normalized spacial score (nSPS) is 15.8. The summed E-state index contributed by atoms with van der Waals surface area (Å²) >= 11 is 0. The minimum Gasteiger partial charge on any atom is -0.481 e. The Morgan fingerprint density at radius 3 is 2.15 bits per heavy atom. The highest BCUT2D eigenvalue weighted by Crippen LogP contribution is 2.43. The summed E-state index contributed by atoms with van der Waals surface area (Å²) in [7, 11) is 0. The molecule has 0 heterocycles. The van der Waals surface area contributed by atoms with E-state index in [1.165, 1.54) is 29.2 Å². The van der Waals surface area contributed by atoms with Crippen molar-refractivity contribution in [2.75, 3.05) is 17.2 Å². The summed E-state index contributed by atoms with van der Waals surface area (Å²) in [5.74, 6) is -1.41. The molecular formula is C23H24F6N2O3. The molecule has 5 nitrogen and oxygen atoms in total. The van der Waals surface area contributed by atoms with Crippen LogP contribution in [-0.4, -0.2) is 30.2 Å². The lowest BCUT2D eigenvalue weighted by Crippen LogP contribution is -2.33. The molecule has 186 valence electrons. The van der Waals surface area contributed by atoms with Gasteiger partial charge in [-0.1, -0.05) is 31.0 Å². The molecule has 0 bridgehead atoms. The van der Waals surface area contributed by atoms with Crippen LogP contribution in [-0.2, 0) is 16.8 Å². The molecule has 0 radical (unpaired) electrons. The predicted octanol–water partition coefficient (Wildman–Crippen LogP) is 6.02. The van der Waals surface area contributed by atoms with Gasteiger partial charge in [-0.05, 0) is 48.2 Å². The van der Waals surface area contributed by atoms with E-state index in [2.05, 4.69) is 4.74 Å². The standard InChI is InChI=1S/C23H24F6N2O3/c24-22(25,26)11-12-31(14-15-3-6-17(7-4-15)34-23(27,28)29)19-8-5-16(13-18(19)30)21(20(32)33)9-1-2-10-21/h3-8,13H,1-2,9-12,14,30H2,(H,32,33). The highest BCUT2D eigenvalue weighted by atomic mass is 19.4. The second kappa shape index (κ2) is 9.63. The Bertz CT molecular complexity index is 999. The number of benzene rings is 2. The van der Waals surface area contributed by atoms with Crippen molar-refractivity contribution in [3.63, 3.8) is 0 Å². The number of anilines is 2. The van der Waals surface area contributed by atoms with E-state index in [4.69, 9.17) is 5.73 Å². The number of hydrogen-bond donors (Lipinski definition) is 2. The number of alkyl halides is 6. The van der Waals surface area contributed by atoms with Crippen LogP contribution in [0.15, 0.2) is 42.5 Å². The number of nitrogen functional groups attached to an aromatic ring is 1. The lowest BCUT2D eigenvalue weighted by molar-refractivity contribution is -0.274. The van der Waals surface area contributed by atoms with Crippen molar-refractivity contribution in [3.8, 4) is 5.75 Å². The van der Waals surface area contributed by atoms with Crippen LogP contribution in [0.2, 0.25) is 0 Å². The van der Waals surface area contributed by atoms with Crippen molar-refractivity contribution in [1.82, 2.24) is 0 Å². The molecule has 0 spiro atoms. The van der Waals surface area contributed by atoms with E-state index in [1.807, 2.05) is 0 Å². The van der Waals surface area contributed by atoms with E-state index in [0.717, 1.165) is 25.0 Å². The van der Waals surface area contributed by atoms with Gasteiger partial charge in [0.05, 0.1) is 23.2 Å². The quantitative estimate of drug-likeness (QED) is 0.350. The van der Waals surface area contributed by atoms with Gasteiger partial charge in [-0.3, -0.25) is 4.79 Å². The van der Waals surface area contributed by atoms with E-state index in [9.17, 15) is 36.2 Å². The Hall–Kier alpha value is -3.11. The maximum atomic E-state index is 12.9. The zero-order valence-corrected chi connectivity index (χ0v) is 18.0. The third-order valence-corrected chi connectivity index (χ3v) is 5.98. The number of halogens is 6. The number of nitrogens with zero attached hydrogens (tertiary/aromatic N) is 1. The van der Waals surface area contributed by atoms with E-state index < -0.39 is 42.6 Å². The third kappa shape index (κ3) is 6.27. The van der Waals surface area contributed by atoms with Crippen LogP contribution in [0.1, 0.15) is 43.2 Å². The van der Waals surface area contributed by atoms with Gasteiger partial charge in [-0.2, -0.15) is 13.2 Å². The summed E-state index contributed by atoms with van der Waals surface area (Å²) in [5, 5.41) is 9.79. The first kappa shape index (κ1) is 25.5. The smallest absolute Gasteiger partial charge is 0.481 e. The largest absolute Gasteiger partial charge is 0.573 e. The zero-order valence-electron chi connectivity index (χ0n) is 18.0. The molecule has 1 fully saturated rings. The number of carboxylic acid groups (broad SMARTS) is 1. The molecule has 1 aliphatic rings. The first-order chi connectivity index (χ1) is 15.8. The van der Waals surface area contributed by atoms with Crippen molar-refractivity contribution in [3.05, 3.63) is 53.6 Å². The van der Waals surface area contributed by atoms with Crippen LogP contribution >= 0.6 is 0 Å². The molecule has 3 N–H and O–H groups in total. The van der Waals surface area contributed by atoms with E-state index in [1.54, 1.807) is 6.07 Å². The van der Waals surface area contributed by atoms with Gasteiger partial charge in [-0.15, -0.1) is 13.2 Å². The monoisotopic (exact) mass is 490 g/mol. The lowest BCUT2D eigenvalue weighted by Gasteiger charge is -2.29. The number of rotatable bonds is 8. The third-order valence-electron chi connectivity index (χ3n) is 5.98. The number of carbonyl (C=O) groups is 1. The van der Waals surface area contributed by atoms with Crippen LogP contribution in [0.25, 0.3) is 0 Å². The Kier molecular flexibility index (Phi) is 7.23. The average Bonchev–Trinajstić information content (AvgIpc) is 3.22. The van der Waals surface area contributed by atoms with Gasteiger partial charge >= 0.3 is 18.5 Å². The molecule has 34 heavy (non-hydrogen) atoms. The molecular weight excluding hydrogens is 466 g/mol. The molecule has 0 aliphatic heterocycles. The maximum absolute atomic E-state index is 12.9. The van der Waals surface area contributed by atoms with Gasteiger partial charge in [0.1, 0.15) is 5.75 Å². The van der Waals surface area contributed by atoms with Crippen molar-refractivity contribution < 1.29 is 41.0 Å². The molecule has 0 unspecified atom stereocenters.